The zero-order valence-electron chi connectivity index (χ0n) is 14.7. The summed E-state index contributed by atoms with van der Waals surface area (Å²) >= 11 is 0. The van der Waals surface area contributed by atoms with E-state index in [1.807, 2.05) is 37.1 Å². The molecule has 0 saturated heterocycles. The van der Waals surface area contributed by atoms with Crippen LogP contribution in [0.1, 0.15) is 12.5 Å². The molecule has 0 spiro atoms. The molecule has 1 amide bonds. The van der Waals surface area contributed by atoms with Crippen molar-refractivity contribution in [3.63, 3.8) is 0 Å². The molecule has 26 heavy (non-hydrogen) atoms. The number of hydrogen-bond acceptors (Lipinski definition) is 6. The number of amides is 1. The number of hydrogen-bond donors (Lipinski definition) is 1. The monoisotopic (exact) mass is 356 g/mol. The first kappa shape index (κ1) is 16.5. The third-order valence-corrected chi connectivity index (χ3v) is 4.55. The Balaban J connectivity index is 1.38. The largest absolute Gasteiger partial charge is 0.454 e. The molecule has 0 unspecified atom stereocenters. The Morgan fingerprint density at radius 3 is 2.35 bits per heavy atom. The van der Waals surface area contributed by atoms with Crippen molar-refractivity contribution in [2.24, 2.45) is 0 Å². The molecule has 1 N–H and O–H groups in total. The lowest BCUT2D eigenvalue weighted by Gasteiger charge is -2.24. The second-order valence-corrected chi connectivity index (χ2v) is 6.34. The Bertz CT molecular complexity index is 839. The van der Waals surface area contributed by atoms with Gasteiger partial charge >= 0.3 is 0 Å². The molecule has 0 radical (unpaired) electrons. The van der Waals surface area contributed by atoms with E-state index in [1.54, 1.807) is 18.2 Å². The quantitative estimate of drug-likeness (QED) is 0.888. The smallest absolute Gasteiger partial charge is 0.241 e. The molecule has 2 aromatic rings. The Morgan fingerprint density at radius 1 is 1.00 bits per heavy atom. The van der Waals surface area contributed by atoms with Gasteiger partial charge in [-0.25, -0.2) is 0 Å². The van der Waals surface area contributed by atoms with Crippen molar-refractivity contribution in [3.05, 3.63) is 42.0 Å². The summed E-state index contributed by atoms with van der Waals surface area (Å²) in [6.45, 7) is 2.95. The molecule has 0 fully saturated rings. The van der Waals surface area contributed by atoms with Crippen LogP contribution in [0.3, 0.4) is 0 Å². The fraction of sp³-hybridized carbons (Fsp3) is 0.316. The lowest BCUT2D eigenvalue weighted by molar-refractivity contribution is -0.120. The number of fused-ring (bicyclic) bond motifs is 2. The van der Waals surface area contributed by atoms with Crippen LogP contribution < -0.4 is 24.3 Å². The van der Waals surface area contributed by atoms with Crippen LogP contribution in [0.4, 0.5) is 5.69 Å². The standard InChI is InChI=1S/C19H20N2O5/c1-12(19(22)20-14-4-6-16-18(8-14)26-11-24-16)21(2)9-13-3-5-15-17(7-13)25-10-23-15/h3-8,12H,9-11H2,1-2H3,(H,20,22)/t12-/m1/s1. The fourth-order valence-electron chi connectivity index (χ4n) is 2.89. The van der Waals surface area contributed by atoms with E-state index in [9.17, 15) is 4.79 Å². The van der Waals surface area contributed by atoms with E-state index in [1.165, 1.54) is 0 Å². The number of nitrogens with zero attached hydrogens (tertiary/aromatic N) is 1. The third-order valence-electron chi connectivity index (χ3n) is 4.55. The molecule has 2 aliphatic rings. The van der Waals surface area contributed by atoms with Gasteiger partial charge in [0.15, 0.2) is 23.0 Å². The SMILES string of the molecule is C[C@H](C(=O)Nc1ccc2c(c1)OCO2)N(C)Cc1ccc2c(c1)OCO2. The van der Waals surface area contributed by atoms with E-state index >= 15 is 0 Å². The first-order valence-electron chi connectivity index (χ1n) is 8.39. The Labute approximate surface area is 151 Å². The minimum Gasteiger partial charge on any atom is -0.454 e. The van der Waals surface area contributed by atoms with Crippen LogP contribution in [0.2, 0.25) is 0 Å². The van der Waals surface area contributed by atoms with Crippen LogP contribution in [-0.2, 0) is 11.3 Å². The maximum atomic E-state index is 12.6. The van der Waals surface area contributed by atoms with Gasteiger partial charge in [0.2, 0.25) is 19.5 Å². The molecule has 1 atom stereocenters. The van der Waals surface area contributed by atoms with Gasteiger partial charge in [-0.15, -0.1) is 0 Å². The van der Waals surface area contributed by atoms with Crippen molar-refractivity contribution >= 4 is 11.6 Å². The summed E-state index contributed by atoms with van der Waals surface area (Å²) in [4.78, 5) is 14.5. The second kappa shape index (κ2) is 6.76. The van der Waals surface area contributed by atoms with Crippen molar-refractivity contribution in [3.8, 4) is 23.0 Å². The summed E-state index contributed by atoms with van der Waals surface area (Å²) < 4.78 is 21.3. The molecule has 136 valence electrons. The van der Waals surface area contributed by atoms with Crippen molar-refractivity contribution in [2.45, 2.75) is 19.5 Å². The van der Waals surface area contributed by atoms with Crippen LogP contribution in [0, 0.1) is 0 Å². The summed E-state index contributed by atoms with van der Waals surface area (Å²) in [7, 11) is 1.91. The second-order valence-electron chi connectivity index (χ2n) is 6.34. The average Bonchev–Trinajstić information content (AvgIpc) is 3.28. The zero-order chi connectivity index (χ0) is 18.1. The number of carbonyl (C=O) groups is 1. The predicted molar refractivity (Wildman–Crippen MR) is 94.7 cm³/mol. The van der Waals surface area contributed by atoms with Gasteiger partial charge in [0.25, 0.3) is 0 Å². The number of ether oxygens (including phenoxy) is 4. The molecule has 0 saturated carbocycles. The number of benzene rings is 2. The van der Waals surface area contributed by atoms with Gasteiger partial charge in [-0.2, -0.15) is 0 Å². The Morgan fingerprint density at radius 2 is 1.62 bits per heavy atom. The highest BCUT2D eigenvalue weighted by atomic mass is 16.7. The molecular formula is C19H20N2O5. The predicted octanol–water partition coefficient (Wildman–Crippen LogP) is 2.60. The average molecular weight is 356 g/mol. The van der Waals surface area contributed by atoms with Gasteiger partial charge in [0.1, 0.15) is 0 Å². The molecule has 4 rings (SSSR count). The van der Waals surface area contributed by atoms with Gasteiger partial charge < -0.3 is 24.3 Å². The highest BCUT2D eigenvalue weighted by Crippen LogP contribution is 2.34. The van der Waals surface area contributed by atoms with Crippen LogP contribution in [0.15, 0.2) is 36.4 Å². The molecule has 0 bridgehead atoms. The summed E-state index contributed by atoms with van der Waals surface area (Å²) in [5, 5.41) is 2.92. The van der Waals surface area contributed by atoms with E-state index in [-0.39, 0.29) is 25.5 Å². The van der Waals surface area contributed by atoms with Crippen LogP contribution in [-0.4, -0.2) is 37.5 Å². The summed E-state index contributed by atoms with van der Waals surface area (Å²) in [5.41, 5.74) is 1.74. The van der Waals surface area contributed by atoms with E-state index in [0.29, 0.717) is 23.7 Å². The summed E-state index contributed by atoms with van der Waals surface area (Å²) in [6, 6.07) is 10.9. The van der Waals surface area contributed by atoms with Crippen molar-refractivity contribution in [1.29, 1.82) is 0 Å². The molecule has 7 heteroatoms. The van der Waals surface area contributed by atoms with Crippen molar-refractivity contribution < 1.29 is 23.7 Å². The summed E-state index contributed by atoms with van der Waals surface area (Å²) in [5.74, 6) is 2.74. The number of nitrogens with one attached hydrogen (secondary N) is 1. The van der Waals surface area contributed by atoms with Gasteiger partial charge in [0, 0.05) is 18.3 Å². The molecule has 2 heterocycles. The van der Waals surface area contributed by atoms with Crippen molar-refractivity contribution in [1.82, 2.24) is 4.90 Å². The number of anilines is 1. The normalized spacial score (nSPS) is 15.2. The van der Waals surface area contributed by atoms with E-state index in [2.05, 4.69) is 5.32 Å². The molecule has 2 aliphatic heterocycles. The van der Waals surface area contributed by atoms with Gasteiger partial charge in [0.05, 0.1) is 6.04 Å². The van der Waals surface area contributed by atoms with Crippen molar-refractivity contribution in [2.75, 3.05) is 26.0 Å². The van der Waals surface area contributed by atoms with Gasteiger partial charge in [-0.3, -0.25) is 9.69 Å². The maximum Gasteiger partial charge on any atom is 0.241 e. The maximum absolute atomic E-state index is 12.6. The molecule has 2 aromatic carbocycles. The zero-order valence-corrected chi connectivity index (χ0v) is 14.7. The first-order valence-corrected chi connectivity index (χ1v) is 8.39. The minimum absolute atomic E-state index is 0.0906. The molecule has 7 nitrogen and oxygen atoms in total. The molecule has 0 aliphatic carbocycles. The minimum atomic E-state index is -0.314. The Hall–Kier alpha value is -2.93. The third kappa shape index (κ3) is 3.25. The highest BCUT2D eigenvalue weighted by Gasteiger charge is 2.21. The molecule has 0 aromatic heterocycles. The Kier molecular flexibility index (Phi) is 4.30. The lowest BCUT2D eigenvalue weighted by atomic mass is 10.1. The van der Waals surface area contributed by atoms with Gasteiger partial charge in [-0.1, -0.05) is 6.07 Å². The number of likely N-dealkylation sites (N-methyl/N-ethyl adjacent to an activating group) is 1. The fourth-order valence-corrected chi connectivity index (χ4v) is 2.89. The number of carbonyl (C=O) groups excluding carboxylic acids is 1. The van der Waals surface area contributed by atoms with E-state index < -0.39 is 0 Å². The molecular weight excluding hydrogens is 336 g/mol. The van der Waals surface area contributed by atoms with Crippen LogP contribution in [0.25, 0.3) is 0 Å². The number of rotatable bonds is 5. The summed E-state index contributed by atoms with van der Waals surface area (Å²) in [6.07, 6.45) is 0. The lowest BCUT2D eigenvalue weighted by Crippen LogP contribution is -2.39. The highest BCUT2D eigenvalue weighted by molar-refractivity contribution is 5.94. The topological polar surface area (TPSA) is 69.3 Å². The van der Waals surface area contributed by atoms with Crippen LogP contribution in [0.5, 0.6) is 23.0 Å². The van der Waals surface area contributed by atoms with E-state index in [0.717, 1.165) is 17.1 Å². The van der Waals surface area contributed by atoms with E-state index in [4.69, 9.17) is 18.9 Å². The van der Waals surface area contributed by atoms with Crippen LogP contribution >= 0.6 is 0 Å². The van der Waals surface area contributed by atoms with Gasteiger partial charge in [-0.05, 0) is 43.8 Å². The first-order chi connectivity index (χ1) is 12.6.